The maximum absolute atomic E-state index is 6.30. The molecule has 0 spiro atoms. The van der Waals surface area contributed by atoms with Crippen LogP contribution in [0.15, 0.2) is 6.07 Å². The van der Waals surface area contributed by atoms with Gasteiger partial charge in [0, 0.05) is 5.02 Å². The summed E-state index contributed by atoms with van der Waals surface area (Å²) in [6, 6.07) is 1.94. The lowest BCUT2D eigenvalue weighted by molar-refractivity contribution is -1.00. The van der Waals surface area contributed by atoms with Crippen molar-refractivity contribution in [2.45, 2.75) is 26.7 Å². The largest absolute Gasteiger partial charge is 0.492 e. The average Bonchev–Trinajstić information content (AvgIpc) is 2.51. The number of unbranched alkanes of at least 4 members (excludes halogenated alkanes) is 1. The molecule has 1 aliphatic rings. The van der Waals surface area contributed by atoms with E-state index in [0.717, 1.165) is 34.9 Å². The molecule has 0 unspecified atom stereocenters. The Morgan fingerprint density at radius 1 is 1.05 bits per heavy atom. The van der Waals surface area contributed by atoms with Gasteiger partial charge in [-0.2, -0.15) is 0 Å². The van der Waals surface area contributed by atoms with Gasteiger partial charge in [0.2, 0.25) is 0 Å². The minimum Gasteiger partial charge on any atom is -0.492 e. The van der Waals surface area contributed by atoms with E-state index in [1.165, 1.54) is 39.1 Å². The average molecular weight is 347 g/mol. The highest BCUT2D eigenvalue weighted by atomic mass is 35.5. The number of nitrogens with one attached hydrogen (secondary N) is 2. The fraction of sp³-hybridized carbons (Fsp3) is 0.647. The Morgan fingerprint density at radius 3 is 2.41 bits per heavy atom. The van der Waals surface area contributed by atoms with Gasteiger partial charge in [0.05, 0.1) is 25.2 Å². The van der Waals surface area contributed by atoms with Crippen LogP contribution in [0.1, 0.15) is 24.0 Å². The number of quaternary nitrogens is 2. The first-order valence-electron chi connectivity index (χ1n) is 8.22. The topological polar surface area (TPSA) is 18.1 Å². The van der Waals surface area contributed by atoms with Gasteiger partial charge >= 0.3 is 0 Å². The second-order valence-corrected chi connectivity index (χ2v) is 7.21. The van der Waals surface area contributed by atoms with Gasteiger partial charge in [-0.15, -0.1) is 0 Å². The van der Waals surface area contributed by atoms with Gasteiger partial charge in [-0.25, -0.2) is 0 Å². The molecule has 2 rings (SSSR count). The predicted molar refractivity (Wildman–Crippen MR) is 92.8 cm³/mol. The monoisotopic (exact) mass is 346 g/mol. The van der Waals surface area contributed by atoms with Crippen LogP contribution in [-0.4, -0.2) is 46.4 Å². The lowest BCUT2D eigenvalue weighted by Gasteiger charge is -2.27. The maximum atomic E-state index is 6.30. The molecule has 0 radical (unpaired) electrons. The van der Waals surface area contributed by atoms with Crippen molar-refractivity contribution in [3.8, 4) is 5.75 Å². The highest BCUT2D eigenvalue weighted by Crippen LogP contribution is 2.35. The van der Waals surface area contributed by atoms with Crippen LogP contribution < -0.4 is 14.5 Å². The highest BCUT2D eigenvalue weighted by molar-refractivity contribution is 6.37. The summed E-state index contributed by atoms with van der Waals surface area (Å²) in [6.45, 7) is 11.1. The van der Waals surface area contributed by atoms with Crippen LogP contribution in [-0.2, 0) is 0 Å². The number of aryl methyl sites for hydroxylation is 1. The lowest BCUT2D eigenvalue weighted by atomic mass is 10.1. The van der Waals surface area contributed by atoms with Gasteiger partial charge in [-0.3, -0.25) is 0 Å². The Morgan fingerprint density at radius 2 is 1.73 bits per heavy atom. The molecule has 1 saturated heterocycles. The number of benzene rings is 1. The number of hydrogen-bond acceptors (Lipinski definition) is 1. The van der Waals surface area contributed by atoms with Gasteiger partial charge in [0.15, 0.2) is 0 Å². The lowest BCUT2D eigenvalue weighted by Crippen LogP contribution is -3.27. The SMILES string of the molecule is Cc1cc(OCCCC[NH+]2CC[NH+](C)CC2)c(Cl)c(C)c1Cl. The van der Waals surface area contributed by atoms with Gasteiger partial charge in [-0.05, 0) is 43.9 Å². The minimum atomic E-state index is 0.642. The first-order chi connectivity index (χ1) is 10.5. The molecule has 1 fully saturated rings. The molecule has 5 heteroatoms. The number of rotatable bonds is 6. The molecule has 3 nitrogen and oxygen atoms in total. The molecule has 2 N–H and O–H groups in total. The first-order valence-corrected chi connectivity index (χ1v) is 8.97. The molecule has 1 aliphatic heterocycles. The number of halogens is 2. The summed E-state index contributed by atoms with van der Waals surface area (Å²) in [5.41, 5.74) is 1.92. The summed E-state index contributed by atoms with van der Waals surface area (Å²) < 4.78 is 5.86. The standard InChI is InChI=1S/C17H26Cl2N2O/c1-13-12-15(17(19)14(2)16(13)18)22-11-5-4-6-21-9-7-20(3)8-10-21/h12H,4-11H2,1-3H3/p+2. The molecule has 0 saturated carbocycles. The van der Waals surface area contributed by atoms with Crippen LogP contribution in [0.5, 0.6) is 5.75 Å². The van der Waals surface area contributed by atoms with E-state index in [0.29, 0.717) is 5.02 Å². The van der Waals surface area contributed by atoms with E-state index < -0.39 is 0 Å². The van der Waals surface area contributed by atoms with E-state index in [1.807, 2.05) is 19.9 Å². The van der Waals surface area contributed by atoms with Crippen LogP contribution in [0.3, 0.4) is 0 Å². The third-order valence-corrected chi connectivity index (χ3v) is 5.61. The van der Waals surface area contributed by atoms with E-state index in [2.05, 4.69) is 7.05 Å². The van der Waals surface area contributed by atoms with Crippen molar-refractivity contribution < 1.29 is 14.5 Å². The molecule has 1 heterocycles. The molecule has 1 aromatic carbocycles. The van der Waals surface area contributed by atoms with E-state index in [9.17, 15) is 0 Å². The zero-order valence-electron chi connectivity index (χ0n) is 13.9. The van der Waals surface area contributed by atoms with Crippen molar-refractivity contribution in [1.29, 1.82) is 0 Å². The van der Waals surface area contributed by atoms with Crippen molar-refractivity contribution in [3.63, 3.8) is 0 Å². The minimum absolute atomic E-state index is 0.642. The van der Waals surface area contributed by atoms with Crippen LogP contribution in [0.2, 0.25) is 10.0 Å². The van der Waals surface area contributed by atoms with Crippen molar-refractivity contribution >= 4 is 23.2 Å². The molecule has 0 atom stereocenters. The van der Waals surface area contributed by atoms with Crippen molar-refractivity contribution in [1.82, 2.24) is 0 Å². The molecule has 0 bridgehead atoms. The predicted octanol–water partition coefficient (Wildman–Crippen LogP) is 1.18. The van der Waals surface area contributed by atoms with Crippen molar-refractivity contribution in [3.05, 3.63) is 27.2 Å². The summed E-state index contributed by atoms with van der Waals surface area (Å²) in [7, 11) is 2.28. The molecule has 124 valence electrons. The number of ether oxygens (including phenoxy) is 1. The van der Waals surface area contributed by atoms with Gasteiger partial charge in [-0.1, -0.05) is 23.2 Å². The van der Waals surface area contributed by atoms with Crippen LogP contribution in [0, 0.1) is 13.8 Å². The van der Waals surface area contributed by atoms with E-state index in [4.69, 9.17) is 27.9 Å². The normalized spacial score (nSPS) is 21.9. The number of piperazine rings is 1. The van der Waals surface area contributed by atoms with Gasteiger partial charge < -0.3 is 14.5 Å². The molecular weight excluding hydrogens is 319 g/mol. The zero-order chi connectivity index (χ0) is 16.1. The third-order valence-electron chi connectivity index (χ3n) is 4.56. The van der Waals surface area contributed by atoms with Crippen LogP contribution in [0.25, 0.3) is 0 Å². The van der Waals surface area contributed by atoms with Crippen LogP contribution in [0.4, 0.5) is 0 Å². The van der Waals surface area contributed by atoms with Gasteiger partial charge in [0.25, 0.3) is 0 Å². The molecule has 22 heavy (non-hydrogen) atoms. The van der Waals surface area contributed by atoms with Crippen LogP contribution >= 0.6 is 23.2 Å². The van der Waals surface area contributed by atoms with E-state index >= 15 is 0 Å². The Bertz CT molecular complexity index is 500. The quantitative estimate of drug-likeness (QED) is 0.740. The second kappa shape index (κ2) is 8.39. The first kappa shape index (κ1) is 17.9. The Kier molecular flexibility index (Phi) is 6.82. The maximum Gasteiger partial charge on any atom is 0.138 e. The van der Waals surface area contributed by atoms with E-state index in [-0.39, 0.29) is 0 Å². The Hall–Kier alpha value is -0.480. The molecule has 1 aromatic rings. The summed E-state index contributed by atoms with van der Waals surface area (Å²) >= 11 is 12.5. The smallest absolute Gasteiger partial charge is 0.138 e. The molecule has 0 amide bonds. The number of likely N-dealkylation sites (N-methyl/N-ethyl adjacent to an activating group) is 1. The summed E-state index contributed by atoms with van der Waals surface area (Å²) in [4.78, 5) is 3.40. The summed E-state index contributed by atoms with van der Waals surface area (Å²) in [5.74, 6) is 0.761. The third kappa shape index (κ3) is 4.76. The molecular formula is C17H28Cl2N2O+2. The Balaban J connectivity index is 1.71. The number of hydrogen-bond donors (Lipinski definition) is 2. The Labute approximate surface area is 144 Å². The summed E-state index contributed by atoms with van der Waals surface area (Å²) in [6.07, 6.45) is 2.28. The highest BCUT2D eigenvalue weighted by Gasteiger charge is 2.19. The van der Waals surface area contributed by atoms with Gasteiger partial charge in [0.1, 0.15) is 31.9 Å². The molecule has 0 aliphatic carbocycles. The zero-order valence-corrected chi connectivity index (χ0v) is 15.4. The van der Waals surface area contributed by atoms with Crippen molar-refractivity contribution in [2.75, 3.05) is 46.4 Å². The fourth-order valence-electron chi connectivity index (χ4n) is 2.94. The molecule has 0 aromatic heterocycles. The summed E-state index contributed by atoms with van der Waals surface area (Å²) in [5, 5.41) is 1.38. The van der Waals surface area contributed by atoms with E-state index in [1.54, 1.807) is 9.80 Å². The second-order valence-electron chi connectivity index (χ2n) is 6.46. The van der Waals surface area contributed by atoms with Crippen molar-refractivity contribution in [2.24, 2.45) is 0 Å². The fourth-order valence-corrected chi connectivity index (χ4v) is 3.35.